The third-order valence-electron chi connectivity index (χ3n) is 3.72. The van der Waals surface area contributed by atoms with Gasteiger partial charge in [-0.05, 0) is 37.6 Å². The van der Waals surface area contributed by atoms with Crippen LogP contribution in [0.2, 0.25) is 0 Å². The van der Waals surface area contributed by atoms with Gasteiger partial charge in [0.15, 0.2) is 0 Å². The van der Waals surface area contributed by atoms with Crippen molar-refractivity contribution in [1.29, 1.82) is 0 Å². The lowest BCUT2D eigenvalue weighted by Crippen LogP contribution is -2.40. The zero-order chi connectivity index (χ0) is 9.26. The molecular formula is C11H22N2. The van der Waals surface area contributed by atoms with Gasteiger partial charge in [0.25, 0.3) is 0 Å². The third kappa shape index (κ3) is 2.44. The summed E-state index contributed by atoms with van der Waals surface area (Å²) in [6.45, 7) is 3.48. The van der Waals surface area contributed by atoms with Crippen LogP contribution in [-0.4, -0.2) is 18.6 Å². The topological polar surface area (TPSA) is 38.0 Å². The van der Waals surface area contributed by atoms with Crippen molar-refractivity contribution in [2.45, 2.75) is 51.1 Å². The van der Waals surface area contributed by atoms with Gasteiger partial charge in [0.05, 0.1) is 0 Å². The van der Waals surface area contributed by atoms with E-state index in [9.17, 15) is 0 Å². The molecule has 0 heterocycles. The Labute approximate surface area is 81.3 Å². The molecule has 0 aliphatic heterocycles. The molecule has 2 saturated carbocycles. The molecule has 4 unspecified atom stereocenters. The van der Waals surface area contributed by atoms with Crippen molar-refractivity contribution >= 4 is 0 Å². The summed E-state index contributed by atoms with van der Waals surface area (Å²) in [6.07, 6.45) is 6.70. The van der Waals surface area contributed by atoms with Crippen LogP contribution in [0.25, 0.3) is 0 Å². The first-order valence-corrected chi connectivity index (χ1v) is 5.76. The normalized spacial score (nSPS) is 44.8. The number of nitrogens with one attached hydrogen (secondary N) is 1. The van der Waals surface area contributed by atoms with Gasteiger partial charge in [0.1, 0.15) is 0 Å². The quantitative estimate of drug-likeness (QED) is 0.694. The molecule has 2 aliphatic carbocycles. The minimum absolute atomic E-state index is 0.468. The first-order valence-electron chi connectivity index (χ1n) is 5.76. The van der Waals surface area contributed by atoms with Crippen LogP contribution in [-0.2, 0) is 0 Å². The summed E-state index contributed by atoms with van der Waals surface area (Å²) in [7, 11) is 0. The molecule has 13 heavy (non-hydrogen) atoms. The Bertz CT molecular complexity index is 169. The van der Waals surface area contributed by atoms with Gasteiger partial charge in [-0.3, -0.25) is 0 Å². The predicted octanol–water partition coefficient (Wildman–Crippen LogP) is 1.50. The highest BCUT2D eigenvalue weighted by atomic mass is 15.0. The Kier molecular flexibility index (Phi) is 2.89. The standard InChI is InChI=1S/C11H22N2/c1-8-6-11(8)13-7-9-4-2-3-5-10(9)12/h8-11,13H,2-7,12H2,1H3. The van der Waals surface area contributed by atoms with Crippen LogP contribution in [0.15, 0.2) is 0 Å². The van der Waals surface area contributed by atoms with Gasteiger partial charge in [-0.25, -0.2) is 0 Å². The average molecular weight is 182 g/mol. The Balaban J connectivity index is 1.67. The summed E-state index contributed by atoms with van der Waals surface area (Å²) in [6, 6.07) is 1.28. The van der Waals surface area contributed by atoms with E-state index < -0.39 is 0 Å². The first kappa shape index (κ1) is 9.47. The van der Waals surface area contributed by atoms with Crippen molar-refractivity contribution in [1.82, 2.24) is 5.32 Å². The molecule has 3 N–H and O–H groups in total. The van der Waals surface area contributed by atoms with Crippen molar-refractivity contribution in [3.63, 3.8) is 0 Å². The molecule has 4 atom stereocenters. The summed E-state index contributed by atoms with van der Waals surface area (Å²) < 4.78 is 0. The largest absolute Gasteiger partial charge is 0.327 e. The Hall–Kier alpha value is -0.0800. The van der Waals surface area contributed by atoms with E-state index in [1.807, 2.05) is 0 Å². The summed E-state index contributed by atoms with van der Waals surface area (Å²) >= 11 is 0. The molecule has 0 spiro atoms. The van der Waals surface area contributed by atoms with Crippen molar-refractivity contribution in [3.05, 3.63) is 0 Å². The monoisotopic (exact) mass is 182 g/mol. The average Bonchev–Trinajstić information content (AvgIpc) is 2.81. The highest BCUT2D eigenvalue weighted by Crippen LogP contribution is 2.30. The van der Waals surface area contributed by atoms with E-state index in [2.05, 4.69) is 12.2 Å². The molecule has 0 amide bonds. The van der Waals surface area contributed by atoms with E-state index in [1.165, 1.54) is 32.1 Å². The second-order valence-corrected chi connectivity index (χ2v) is 4.94. The zero-order valence-corrected chi connectivity index (χ0v) is 8.63. The van der Waals surface area contributed by atoms with E-state index in [-0.39, 0.29) is 0 Å². The van der Waals surface area contributed by atoms with Crippen molar-refractivity contribution in [2.75, 3.05) is 6.54 Å². The SMILES string of the molecule is CC1CC1NCC1CCCCC1N. The molecule has 76 valence electrons. The highest BCUT2D eigenvalue weighted by Gasteiger charge is 2.33. The fraction of sp³-hybridized carbons (Fsp3) is 1.00. The second kappa shape index (κ2) is 3.97. The van der Waals surface area contributed by atoms with E-state index in [1.54, 1.807) is 0 Å². The van der Waals surface area contributed by atoms with Crippen LogP contribution in [0.4, 0.5) is 0 Å². The maximum atomic E-state index is 6.08. The third-order valence-corrected chi connectivity index (χ3v) is 3.72. The lowest BCUT2D eigenvalue weighted by molar-refractivity contribution is 0.295. The van der Waals surface area contributed by atoms with Gasteiger partial charge < -0.3 is 11.1 Å². The molecule has 0 aromatic carbocycles. The molecule has 2 aliphatic rings. The van der Waals surface area contributed by atoms with Gasteiger partial charge in [0.2, 0.25) is 0 Å². The molecule has 0 aromatic rings. The molecule has 0 aromatic heterocycles. The predicted molar refractivity (Wildman–Crippen MR) is 55.5 cm³/mol. The van der Waals surface area contributed by atoms with Crippen molar-refractivity contribution in [3.8, 4) is 0 Å². The smallest absolute Gasteiger partial charge is 0.00965 e. The minimum atomic E-state index is 0.468. The van der Waals surface area contributed by atoms with Crippen LogP contribution in [0.3, 0.4) is 0 Å². The van der Waals surface area contributed by atoms with E-state index in [0.717, 1.165) is 24.4 Å². The molecule has 0 saturated heterocycles. The first-order chi connectivity index (χ1) is 6.27. The number of nitrogens with two attached hydrogens (primary N) is 1. The van der Waals surface area contributed by atoms with Crippen molar-refractivity contribution < 1.29 is 0 Å². The lowest BCUT2D eigenvalue weighted by Gasteiger charge is -2.28. The fourth-order valence-electron chi connectivity index (χ4n) is 2.40. The van der Waals surface area contributed by atoms with E-state index in [4.69, 9.17) is 5.73 Å². The summed E-state index contributed by atoms with van der Waals surface area (Å²) in [5.74, 6) is 1.67. The van der Waals surface area contributed by atoms with E-state index >= 15 is 0 Å². The van der Waals surface area contributed by atoms with Crippen LogP contribution >= 0.6 is 0 Å². The maximum Gasteiger partial charge on any atom is 0.00965 e. The fourth-order valence-corrected chi connectivity index (χ4v) is 2.40. The summed E-state index contributed by atoms with van der Waals surface area (Å²) in [5, 5.41) is 3.63. The Morgan fingerprint density at radius 3 is 2.62 bits per heavy atom. The minimum Gasteiger partial charge on any atom is -0.327 e. The second-order valence-electron chi connectivity index (χ2n) is 4.94. The van der Waals surface area contributed by atoms with Gasteiger partial charge in [-0.15, -0.1) is 0 Å². The zero-order valence-electron chi connectivity index (χ0n) is 8.63. The molecule has 0 bridgehead atoms. The molecular weight excluding hydrogens is 160 g/mol. The lowest BCUT2D eigenvalue weighted by atomic mass is 9.85. The van der Waals surface area contributed by atoms with Crippen LogP contribution < -0.4 is 11.1 Å². The van der Waals surface area contributed by atoms with Crippen LogP contribution in [0.1, 0.15) is 39.0 Å². The molecule has 0 radical (unpaired) electrons. The highest BCUT2D eigenvalue weighted by molar-refractivity contribution is 4.91. The van der Waals surface area contributed by atoms with Gasteiger partial charge in [-0.1, -0.05) is 19.8 Å². The van der Waals surface area contributed by atoms with Crippen molar-refractivity contribution in [2.24, 2.45) is 17.6 Å². The summed E-state index contributed by atoms with van der Waals surface area (Å²) in [4.78, 5) is 0. The maximum absolute atomic E-state index is 6.08. The van der Waals surface area contributed by atoms with Crippen LogP contribution in [0, 0.1) is 11.8 Å². The summed E-state index contributed by atoms with van der Waals surface area (Å²) in [5.41, 5.74) is 6.08. The van der Waals surface area contributed by atoms with Gasteiger partial charge in [-0.2, -0.15) is 0 Å². The number of hydrogen-bond donors (Lipinski definition) is 2. The van der Waals surface area contributed by atoms with Gasteiger partial charge >= 0.3 is 0 Å². The number of hydrogen-bond acceptors (Lipinski definition) is 2. The Morgan fingerprint density at radius 2 is 2.00 bits per heavy atom. The van der Waals surface area contributed by atoms with Gasteiger partial charge in [0, 0.05) is 12.1 Å². The Morgan fingerprint density at radius 1 is 1.31 bits per heavy atom. The molecule has 2 fully saturated rings. The molecule has 2 nitrogen and oxygen atoms in total. The molecule has 2 heteroatoms. The molecule has 2 rings (SSSR count). The number of rotatable bonds is 3. The van der Waals surface area contributed by atoms with E-state index in [0.29, 0.717) is 6.04 Å². The van der Waals surface area contributed by atoms with Crippen LogP contribution in [0.5, 0.6) is 0 Å².